The summed E-state index contributed by atoms with van der Waals surface area (Å²) in [5, 5.41) is 8.74. The lowest BCUT2D eigenvalue weighted by atomic mass is 10.2. The number of nitriles is 1. The maximum absolute atomic E-state index is 11.8. The van der Waals surface area contributed by atoms with Crippen LogP contribution in [-0.4, -0.2) is 12.6 Å². The molecule has 0 spiro atoms. The fraction of sp³-hybridized carbons (Fsp3) is 0.0476. The average Bonchev–Trinajstić information content (AvgIpc) is 2.69. The van der Waals surface area contributed by atoms with Crippen molar-refractivity contribution in [3.8, 4) is 29.1 Å². The van der Waals surface area contributed by atoms with Gasteiger partial charge in [0.05, 0.1) is 11.6 Å². The van der Waals surface area contributed by atoms with Crippen molar-refractivity contribution >= 4 is 5.97 Å². The zero-order valence-electron chi connectivity index (χ0n) is 13.8. The van der Waals surface area contributed by atoms with Crippen molar-refractivity contribution in [3.05, 3.63) is 84.4 Å². The van der Waals surface area contributed by atoms with E-state index >= 15 is 0 Å². The molecule has 0 saturated carbocycles. The van der Waals surface area contributed by atoms with Crippen LogP contribution in [0.3, 0.4) is 0 Å². The monoisotopic (exact) mass is 345 g/mol. The second-order valence-corrected chi connectivity index (χ2v) is 5.29. The Morgan fingerprint density at radius 2 is 1.35 bits per heavy atom. The Morgan fingerprint density at radius 1 is 0.769 bits per heavy atom. The third-order valence-electron chi connectivity index (χ3n) is 3.37. The van der Waals surface area contributed by atoms with Gasteiger partial charge in [-0.05, 0) is 60.7 Å². The number of para-hydroxylation sites is 1. The van der Waals surface area contributed by atoms with Crippen LogP contribution >= 0.6 is 0 Å². The first-order valence-corrected chi connectivity index (χ1v) is 7.89. The summed E-state index contributed by atoms with van der Waals surface area (Å²) in [7, 11) is 0. The van der Waals surface area contributed by atoms with Gasteiger partial charge in [0.2, 0.25) is 0 Å². The Bertz CT molecular complexity index is 897. The Balaban J connectivity index is 1.49. The summed E-state index contributed by atoms with van der Waals surface area (Å²) < 4.78 is 16.2. The van der Waals surface area contributed by atoms with Crippen molar-refractivity contribution in [2.45, 2.75) is 0 Å². The highest BCUT2D eigenvalue weighted by Gasteiger charge is 2.07. The third kappa shape index (κ3) is 4.86. The van der Waals surface area contributed by atoms with E-state index in [4.69, 9.17) is 19.5 Å². The molecule has 0 heterocycles. The zero-order chi connectivity index (χ0) is 18.2. The number of esters is 1. The molecule has 0 atom stereocenters. The van der Waals surface area contributed by atoms with Gasteiger partial charge in [-0.15, -0.1) is 0 Å². The number of carbonyl (C=O) groups excluding carboxylic acids is 1. The van der Waals surface area contributed by atoms with Crippen LogP contribution in [0, 0.1) is 11.3 Å². The quantitative estimate of drug-likeness (QED) is 0.491. The summed E-state index contributed by atoms with van der Waals surface area (Å²) in [6.07, 6.45) is 0. The van der Waals surface area contributed by atoms with E-state index in [-0.39, 0.29) is 6.61 Å². The minimum atomic E-state index is -0.528. The molecular weight excluding hydrogens is 330 g/mol. The molecule has 0 radical (unpaired) electrons. The van der Waals surface area contributed by atoms with E-state index in [2.05, 4.69) is 0 Å². The van der Waals surface area contributed by atoms with Gasteiger partial charge in [0.1, 0.15) is 23.0 Å². The van der Waals surface area contributed by atoms with E-state index < -0.39 is 5.97 Å². The van der Waals surface area contributed by atoms with Gasteiger partial charge in [0.15, 0.2) is 6.61 Å². The minimum absolute atomic E-state index is 0.223. The fourth-order valence-electron chi connectivity index (χ4n) is 2.13. The van der Waals surface area contributed by atoms with Gasteiger partial charge in [-0.2, -0.15) is 5.26 Å². The van der Waals surface area contributed by atoms with Crippen molar-refractivity contribution < 1.29 is 19.0 Å². The molecule has 26 heavy (non-hydrogen) atoms. The number of carbonyl (C=O) groups is 1. The number of rotatable bonds is 6. The average molecular weight is 345 g/mol. The smallest absolute Gasteiger partial charge is 0.349 e. The van der Waals surface area contributed by atoms with E-state index in [9.17, 15) is 4.79 Å². The maximum atomic E-state index is 11.8. The van der Waals surface area contributed by atoms with Crippen LogP contribution in [-0.2, 0) is 4.79 Å². The SMILES string of the molecule is N#Cc1ccc(OC(=O)COc2ccc(Oc3ccccc3)cc2)cc1. The van der Waals surface area contributed by atoms with E-state index in [1.807, 2.05) is 36.4 Å². The Labute approximate surface area is 151 Å². The van der Waals surface area contributed by atoms with Gasteiger partial charge in [-0.3, -0.25) is 0 Å². The third-order valence-corrected chi connectivity index (χ3v) is 3.37. The molecule has 128 valence electrons. The van der Waals surface area contributed by atoms with Crippen molar-refractivity contribution in [2.75, 3.05) is 6.61 Å². The molecule has 0 aromatic heterocycles. The van der Waals surface area contributed by atoms with Crippen LogP contribution in [0.15, 0.2) is 78.9 Å². The molecular formula is C21H15NO4. The van der Waals surface area contributed by atoms with E-state index in [0.29, 0.717) is 22.8 Å². The zero-order valence-corrected chi connectivity index (χ0v) is 13.8. The summed E-state index contributed by atoms with van der Waals surface area (Å²) >= 11 is 0. The van der Waals surface area contributed by atoms with Crippen molar-refractivity contribution in [2.24, 2.45) is 0 Å². The number of benzene rings is 3. The summed E-state index contributed by atoms with van der Waals surface area (Å²) in [4.78, 5) is 11.8. The number of nitrogens with zero attached hydrogens (tertiary/aromatic N) is 1. The van der Waals surface area contributed by atoms with Crippen LogP contribution in [0.4, 0.5) is 0 Å². The van der Waals surface area contributed by atoms with Crippen molar-refractivity contribution in [1.82, 2.24) is 0 Å². The van der Waals surface area contributed by atoms with Crippen LogP contribution in [0.25, 0.3) is 0 Å². The minimum Gasteiger partial charge on any atom is -0.482 e. The van der Waals surface area contributed by atoms with Gasteiger partial charge < -0.3 is 14.2 Å². The predicted octanol–water partition coefficient (Wildman–Crippen LogP) is 4.33. The standard InChI is InChI=1S/C21H15NO4/c22-14-16-6-8-20(9-7-16)26-21(23)15-24-17-10-12-19(13-11-17)25-18-4-2-1-3-5-18/h1-13H,15H2. The highest BCUT2D eigenvalue weighted by atomic mass is 16.6. The number of ether oxygens (including phenoxy) is 3. The summed E-state index contributed by atoms with van der Waals surface area (Å²) in [5.74, 6) is 1.78. The molecule has 3 rings (SSSR count). The first-order chi connectivity index (χ1) is 12.7. The van der Waals surface area contributed by atoms with Crippen LogP contribution in [0.2, 0.25) is 0 Å². The van der Waals surface area contributed by atoms with E-state index in [0.717, 1.165) is 5.75 Å². The second-order valence-electron chi connectivity index (χ2n) is 5.29. The van der Waals surface area contributed by atoms with Crippen molar-refractivity contribution in [1.29, 1.82) is 5.26 Å². The topological polar surface area (TPSA) is 68.5 Å². The molecule has 0 saturated heterocycles. The van der Waals surface area contributed by atoms with Gasteiger partial charge in [-0.25, -0.2) is 4.79 Å². The molecule has 0 bridgehead atoms. The fourth-order valence-corrected chi connectivity index (χ4v) is 2.13. The summed E-state index contributed by atoms with van der Waals surface area (Å²) in [6.45, 7) is -0.223. The Morgan fingerprint density at radius 3 is 2.00 bits per heavy atom. The lowest BCUT2D eigenvalue weighted by Crippen LogP contribution is -2.17. The second kappa shape index (κ2) is 8.36. The first kappa shape index (κ1) is 17.1. The van der Waals surface area contributed by atoms with Gasteiger partial charge in [0.25, 0.3) is 0 Å². The van der Waals surface area contributed by atoms with Crippen LogP contribution in [0.1, 0.15) is 5.56 Å². The lowest BCUT2D eigenvalue weighted by molar-refractivity contribution is -0.136. The predicted molar refractivity (Wildman–Crippen MR) is 95.2 cm³/mol. The molecule has 5 nitrogen and oxygen atoms in total. The summed E-state index contributed by atoms with van der Waals surface area (Å²) in [6, 6.07) is 24.7. The molecule has 0 amide bonds. The van der Waals surface area contributed by atoms with Crippen molar-refractivity contribution in [3.63, 3.8) is 0 Å². The molecule has 3 aromatic rings. The normalized spacial score (nSPS) is 9.81. The maximum Gasteiger partial charge on any atom is 0.349 e. The molecule has 0 N–H and O–H groups in total. The van der Waals surface area contributed by atoms with E-state index in [1.165, 1.54) is 0 Å². The molecule has 0 fully saturated rings. The van der Waals surface area contributed by atoms with Gasteiger partial charge in [-0.1, -0.05) is 18.2 Å². The molecule has 5 heteroatoms. The molecule has 0 unspecified atom stereocenters. The van der Waals surface area contributed by atoms with Gasteiger partial charge in [0, 0.05) is 0 Å². The molecule has 3 aromatic carbocycles. The van der Waals surface area contributed by atoms with Crippen LogP contribution in [0.5, 0.6) is 23.0 Å². The Hall–Kier alpha value is -3.78. The number of hydrogen-bond donors (Lipinski definition) is 0. The molecule has 0 aliphatic carbocycles. The van der Waals surface area contributed by atoms with Gasteiger partial charge >= 0.3 is 5.97 Å². The molecule has 0 aliphatic rings. The largest absolute Gasteiger partial charge is 0.482 e. The first-order valence-electron chi connectivity index (χ1n) is 7.89. The highest BCUT2D eigenvalue weighted by molar-refractivity contribution is 5.74. The Kier molecular flexibility index (Phi) is 5.48. The summed E-state index contributed by atoms with van der Waals surface area (Å²) in [5.41, 5.74) is 0.499. The molecule has 0 aliphatic heterocycles. The van der Waals surface area contributed by atoms with E-state index in [1.54, 1.807) is 48.5 Å². The number of hydrogen-bond acceptors (Lipinski definition) is 5. The lowest BCUT2D eigenvalue weighted by Gasteiger charge is -2.08. The van der Waals surface area contributed by atoms with Crippen LogP contribution < -0.4 is 14.2 Å². The highest BCUT2D eigenvalue weighted by Crippen LogP contribution is 2.23.